The Hall–Kier alpha value is -2.38. The van der Waals surface area contributed by atoms with Gasteiger partial charge in [0.05, 0.1) is 10.6 Å². The van der Waals surface area contributed by atoms with Crippen LogP contribution in [0.3, 0.4) is 0 Å². The number of amides is 2. The molecule has 0 unspecified atom stereocenters. The minimum absolute atomic E-state index is 0.0218. The number of rotatable bonds is 5. The normalized spacial score (nSPS) is 11.2. The molecule has 142 valence electrons. The number of nitrogens with one attached hydrogen (secondary N) is 2. The van der Waals surface area contributed by atoms with Gasteiger partial charge in [0.2, 0.25) is 0 Å². The minimum Gasteiger partial charge on any atom is -0.317 e. The number of benzene rings is 2. The summed E-state index contributed by atoms with van der Waals surface area (Å²) in [5.41, 5.74) is 0.889. The molecule has 0 saturated carbocycles. The molecule has 0 aliphatic carbocycles. The van der Waals surface area contributed by atoms with Crippen molar-refractivity contribution in [2.75, 3.05) is 5.32 Å². The number of anilines is 1. The van der Waals surface area contributed by atoms with Gasteiger partial charge in [-0.05, 0) is 42.0 Å². The molecule has 0 saturated heterocycles. The van der Waals surface area contributed by atoms with Crippen LogP contribution in [0.25, 0.3) is 6.08 Å². The van der Waals surface area contributed by atoms with Crippen molar-refractivity contribution in [3.63, 3.8) is 0 Å². The number of nitrogens with zero attached hydrogens (tertiary/aromatic N) is 1. The molecule has 2 amide bonds. The Morgan fingerprint density at radius 3 is 2.36 bits per heavy atom. The highest BCUT2D eigenvalue weighted by Crippen LogP contribution is 2.21. The molecule has 5 nitrogen and oxygen atoms in total. The van der Waals surface area contributed by atoms with Crippen LogP contribution in [0.5, 0.6) is 0 Å². The first-order valence-electron chi connectivity index (χ1n) is 7.87. The molecular weight excluding hydrogens is 441 g/mol. The second-order valence-electron chi connectivity index (χ2n) is 5.48. The second-order valence-corrected chi connectivity index (χ2v) is 7.65. The predicted molar refractivity (Wildman–Crippen MR) is 114 cm³/mol. The number of thiazole rings is 1. The van der Waals surface area contributed by atoms with Crippen LogP contribution in [0.4, 0.5) is 5.13 Å². The summed E-state index contributed by atoms with van der Waals surface area (Å²) in [6.45, 7) is 0. The molecule has 1 heterocycles. The van der Waals surface area contributed by atoms with Crippen molar-refractivity contribution in [3.05, 3.63) is 85.9 Å². The van der Waals surface area contributed by atoms with Gasteiger partial charge in [-0.3, -0.25) is 14.9 Å². The highest BCUT2D eigenvalue weighted by atomic mass is 35.5. The van der Waals surface area contributed by atoms with Gasteiger partial charge in [0.25, 0.3) is 11.8 Å². The number of hydrogen-bond donors (Lipinski definition) is 2. The summed E-state index contributed by atoms with van der Waals surface area (Å²) in [6.07, 6.45) is 3.09. The summed E-state index contributed by atoms with van der Waals surface area (Å²) in [5.74, 6) is -1.07. The fraction of sp³-hybridized carbons (Fsp3) is 0. The Labute approximate surface area is 180 Å². The molecule has 0 atom stereocenters. The average Bonchev–Trinajstić information content (AvgIpc) is 3.15. The largest absolute Gasteiger partial charge is 0.317 e. The molecule has 0 fully saturated rings. The maximum Gasteiger partial charge on any atom is 0.273 e. The lowest BCUT2D eigenvalue weighted by Crippen LogP contribution is -2.30. The third-order valence-corrected chi connectivity index (χ3v) is 4.99. The average molecular weight is 453 g/mol. The van der Waals surface area contributed by atoms with E-state index in [0.29, 0.717) is 20.7 Å². The second kappa shape index (κ2) is 9.21. The van der Waals surface area contributed by atoms with E-state index in [1.807, 2.05) is 0 Å². The van der Waals surface area contributed by atoms with Crippen molar-refractivity contribution >= 4 is 69.2 Å². The standard InChI is InChI=1S/C19H12Cl3N3O2S/c20-12-3-1-11(2-4-12)9-16(18(27)25-19-23-7-8-28-19)24-17(26)14-6-5-13(21)10-15(14)22/h1-10H,(H,24,26)(H,23,25,27)/b16-9-. The van der Waals surface area contributed by atoms with Gasteiger partial charge in [-0.15, -0.1) is 11.3 Å². The zero-order chi connectivity index (χ0) is 20.1. The zero-order valence-electron chi connectivity index (χ0n) is 14.1. The van der Waals surface area contributed by atoms with Crippen LogP contribution in [0.1, 0.15) is 15.9 Å². The van der Waals surface area contributed by atoms with Crippen molar-refractivity contribution in [2.24, 2.45) is 0 Å². The summed E-state index contributed by atoms with van der Waals surface area (Å²) >= 11 is 19.1. The van der Waals surface area contributed by atoms with Crippen LogP contribution in [-0.2, 0) is 4.79 Å². The SMILES string of the molecule is O=C(Nc1nccs1)/C(=C/c1ccc(Cl)cc1)NC(=O)c1ccc(Cl)cc1Cl. The molecule has 0 bridgehead atoms. The Balaban J connectivity index is 1.89. The van der Waals surface area contributed by atoms with Crippen LogP contribution >= 0.6 is 46.1 Å². The Bertz CT molecular complexity index is 1040. The molecule has 1 aromatic heterocycles. The maximum atomic E-state index is 12.7. The summed E-state index contributed by atoms with van der Waals surface area (Å²) < 4.78 is 0. The molecular formula is C19H12Cl3N3O2S. The summed E-state index contributed by atoms with van der Waals surface area (Å²) in [7, 11) is 0. The molecule has 2 aromatic carbocycles. The molecule has 0 spiro atoms. The zero-order valence-corrected chi connectivity index (χ0v) is 17.2. The molecule has 0 radical (unpaired) electrons. The van der Waals surface area contributed by atoms with Gasteiger partial charge in [0.15, 0.2) is 5.13 Å². The summed E-state index contributed by atoms with van der Waals surface area (Å²) in [4.78, 5) is 29.3. The molecule has 0 aliphatic heterocycles. The fourth-order valence-corrected chi connectivity index (χ4v) is 3.34. The Kier molecular flexibility index (Phi) is 6.70. The monoisotopic (exact) mass is 451 g/mol. The highest BCUT2D eigenvalue weighted by molar-refractivity contribution is 7.13. The topological polar surface area (TPSA) is 71.1 Å². The van der Waals surface area contributed by atoms with E-state index in [4.69, 9.17) is 34.8 Å². The first kappa shape index (κ1) is 20.4. The van der Waals surface area contributed by atoms with Crippen LogP contribution in [0.2, 0.25) is 15.1 Å². The fourth-order valence-electron chi connectivity index (χ4n) is 2.20. The molecule has 3 rings (SSSR count). The molecule has 2 N–H and O–H groups in total. The first-order chi connectivity index (χ1) is 13.4. The number of carbonyl (C=O) groups excluding carboxylic acids is 2. The van der Waals surface area contributed by atoms with E-state index in [1.54, 1.807) is 41.9 Å². The molecule has 9 heteroatoms. The van der Waals surface area contributed by atoms with Crippen molar-refractivity contribution in [2.45, 2.75) is 0 Å². The summed E-state index contributed by atoms with van der Waals surface area (Å²) in [6, 6.07) is 11.3. The van der Waals surface area contributed by atoms with Crippen molar-refractivity contribution in [1.82, 2.24) is 10.3 Å². The summed E-state index contributed by atoms with van der Waals surface area (Å²) in [5, 5.41) is 8.51. The molecule has 3 aromatic rings. The van der Waals surface area contributed by atoms with Gasteiger partial charge in [0, 0.05) is 21.6 Å². The van der Waals surface area contributed by atoms with E-state index in [2.05, 4.69) is 15.6 Å². The van der Waals surface area contributed by atoms with Crippen molar-refractivity contribution in [1.29, 1.82) is 0 Å². The predicted octanol–water partition coefficient (Wildman–Crippen LogP) is 5.51. The molecule has 0 aliphatic rings. The van der Waals surface area contributed by atoms with Gasteiger partial charge in [0.1, 0.15) is 5.70 Å². The third-order valence-electron chi connectivity index (χ3n) is 3.50. The quantitative estimate of drug-likeness (QED) is 0.501. The van der Waals surface area contributed by atoms with E-state index >= 15 is 0 Å². The maximum absolute atomic E-state index is 12.7. The number of aromatic nitrogens is 1. The van der Waals surface area contributed by atoms with E-state index < -0.39 is 11.8 Å². The molecule has 28 heavy (non-hydrogen) atoms. The van der Waals surface area contributed by atoms with E-state index in [-0.39, 0.29) is 16.3 Å². The van der Waals surface area contributed by atoms with E-state index in [9.17, 15) is 9.59 Å². The minimum atomic E-state index is -0.545. The lowest BCUT2D eigenvalue weighted by molar-refractivity contribution is -0.113. The van der Waals surface area contributed by atoms with Gasteiger partial charge < -0.3 is 5.32 Å². The Morgan fingerprint density at radius 1 is 1.00 bits per heavy atom. The van der Waals surface area contributed by atoms with Gasteiger partial charge in [-0.25, -0.2) is 4.98 Å². The number of hydrogen-bond acceptors (Lipinski definition) is 4. The lowest BCUT2D eigenvalue weighted by atomic mass is 10.1. The van der Waals surface area contributed by atoms with E-state index in [0.717, 1.165) is 0 Å². The third kappa shape index (κ3) is 5.33. The van der Waals surface area contributed by atoms with Crippen LogP contribution in [0, 0.1) is 0 Å². The van der Waals surface area contributed by atoms with Crippen molar-refractivity contribution in [3.8, 4) is 0 Å². The van der Waals surface area contributed by atoms with E-state index in [1.165, 1.54) is 29.5 Å². The smallest absolute Gasteiger partial charge is 0.273 e. The highest BCUT2D eigenvalue weighted by Gasteiger charge is 2.17. The van der Waals surface area contributed by atoms with Crippen molar-refractivity contribution < 1.29 is 9.59 Å². The Morgan fingerprint density at radius 2 is 1.71 bits per heavy atom. The first-order valence-corrected chi connectivity index (χ1v) is 9.88. The number of carbonyl (C=O) groups is 2. The van der Waals surface area contributed by atoms with Crippen LogP contribution in [0.15, 0.2) is 59.7 Å². The lowest BCUT2D eigenvalue weighted by Gasteiger charge is -2.11. The van der Waals surface area contributed by atoms with Gasteiger partial charge in [-0.2, -0.15) is 0 Å². The van der Waals surface area contributed by atoms with Crippen LogP contribution < -0.4 is 10.6 Å². The van der Waals surface area contributed by atoms with Gasteiger partial charge in [-0.1, -0.05) is 46.9 Å². The number of halogens is 3. The van der Waals surface area contributed by atoms with Crippen LogP contribution in [-0.4, -0.2) is 16.8 Å². The van der Waals surface area contributed by atoms with Gasteiger partial charge >= 0.3 is 0 Å².